The van der Waals surface area contributed by atoms with Crippen LogP contribution in [0.15, 0.2) is 41.5 Å². The number of carbonyl (C=O) groups is 1. The zero-order valence-corrected chi connectivity index (χ0v) is 18.7. The van der Waals surface area contributed by atoms with Gasteiger partial charge in [0.15, 0.2) is 0 Å². The van der Waals surface area contributed by atoms with Crippen molar-refractivity contribution in [1.29, 1.82) is 0 Å². The third-order valence-corrected chi connectivity index (χ3v) is 5.45. The van der Waals surface area contributed by atoms with E-state index in [1.165, 1.54) is 12.1 Å². The van der Waals surface area contributed by atoms with E-state index in [9.17, 15) is 14.0 Å². The van der Waals surface area contributed by atoms with E-state index in [4.69, 9.17) is 0 Å². The highest BCUT2D eigenvalue weighted by Gasteiger charge is 2.17. The van der Waals surface area contributed by atoms with Crippen molar-refractivity contribution >= 4 is 33.8 Å². The van der Waals surface area contributed by atoms with Crippen LogP contribution in [0.5, 0.6) is 0 Å². The van der Waals surface area contributed by atoms with Gasteiger partial charge >= 0.3 is 6.03 Å². The highest BCUT2D eigenvalue weighted by atomic mass is 19.1. The molecule has 0 aliphatic heterocycles. The molecule has 3 heterocycles. The quantitative estimate of drug-likeness (QED) is 0.335. The van der Waals surface area contributed by atoms with Crippen molar-refractivity contribution in [1.82, 2.24) is 24.8 Å². The van der Waals surface area contributed by atoms with E-state index in [0.717, 1.165) is 43.3 Å². The molecule has 4 rings (SSSR count). The normalized spacial score (nSPS) is 11.2. The summed E-state index contributed by atoms with van der Waals surface area (Å²) in [4.78, 5) is 36.7. The van der Waals surface area contributed by atoms with Gasteiger partial charge in [-0.05, 0) is 31.0 Å². The molecule has 0 radical (unpaired) electrons. The average Bonchev–Trinajstić information content (AvgIpc) is 3.16. The Balaban J connectivity index is 1.68. The maximum Gasteiger partial charge on any atom is 0.319 e. The molecule has 0 bridgehead atoms. The fourth-order valence-electron chi connectivity index (χ4n) is 3.85. The molecular weight excluding hydrogens is 423 g/mol. The van der Waals surface area contributed by atoms with Crippen molar-refractivity contribution in [3.63, 3.8) is 0 Å². The first kappa shape index (κ1) is 22.4. The average molecular weight is 451 g/mol. The van der Waals surface area contributed by atoms with Gasteiger partial charge in [0.05, 0.1) is 16.7 Å². The molecule has 9 heteroatoms. The molecule has 4 aromatic rings. The fraction of sp³-hybridized carbons (Fsp3) is 0.333. The number of benzene rings is 1. The largest absolute Gasteiger partial charge is 0.338 e. The minimum Gasteiger partial charge on any atom is -0.338 e. The molecule has 0 saturated heterocycles. The van der Waals surface area contributed by atoms with Crippen molar-refractivity contribution in [3.05, 3.63) is 52.8 Å². The minimum atomic E-state index is -0.633. The van der Waals surface area contributed by atoms with Gasteiger partial charge in [0.2, 0.25) is 0 Å². The van der Waals surface area contributed by atoms with Gasteiger partial charge in [0, 0.05) is 42.5 Å². The summed E-state index contributed by atoms with van der Waals surface area (Å²) in [6.45, 7) is 5.40. The number of halogens is 1. The number of nitrogens with zero attached hydrogens (tertiary/aromatic N) is 3. The van der Waals surface area contributed by atoms with Crippen LogP contribution in [0.2, 0.25) is 0 Å². The van der Waals surface area contributed by atoms with Gasteiger partial charge in [-0.25, -0.2) is 19.2 Å². The number of carbonyl (C=O) groups excluding carboxylic acids is 1. The molecule has 1 aromatic carbocycles. The number of aryl methyl sites for hydroxylation is 1. The monoisotopic (exact) mass is 450 g/mol. The topological polar surface area (TPSA) is 105 Å². The van der Waals surface area contributed by atoms with Crippen LogP contribution in [0, 0.1) is 5.82 Å². The first-order chi connectivity index (χ1) is 16.0. The molecule has 8 nitrogen and oxygen atoms in total. The summed E-state index contributed by atoms with van der Waals surface area (Å²) >= 11 is 0. The van der Waals surface area contributed by atoms with Crippen LogP contribution in [0.1, 0.15) is 39.5 Å². The number of amides is 2. The summed E-state index contributed by atoms with van der Waals surface area (Å²) in [6.07, 6.45) is 7.39. The first-order valence-corrected chi connectivity index (χ1v) is 11.2. The van der Waals surface area contributed by atoms with E-state index in [2.05, 4.69) is 39.4 Å². The number of hydrogen-bond donors (Lipinski definition) is 3. The van der Waals surface area contributed by atoms with Gasteiger partial charge < -0.3 is 20.2 Å². The third kappa shape index (κ3) is 4.72. The second-order valence-electron chi connectivity index (χ2n) is 7.96. The molecule has 3 N–H and O–H groups in total. The molecular formula is C24H27FN6O2. The molecule has 0 fully saturated rings. The predicted molar refractivity (Wildman–Crippen MR) is 128 cm³/mol. The molecule has 0 aliphatic carbocycles. The number of pyridine rings is 1. The summed E-state index contributed by atoms with van der Waals surface area (Å²) in [5.41, 5.74) is 1.81. The van der Waals surface area contributed by atoms with Crippen molar-refractivity contribution < 1.29 is 9.18 Å². The Kier molecular flexibility index (Phi) is 6.67. The maximum absolute atomic E-state index is 14.7. The number of aromatic amines is 1. The van der Waals surface area contributed by atoms with Crippen LogP contribution >= 0.6 is 0 Å². The van der Waals surface area contributed by atoms with Crippen molar-refractivity contribution in [2.45, 2.75) is 46.1 Å². The summed E-state index contributed by atoms with van der Waals surface area (Å²) in [5, 5.41) is 6.01. The molecule has 0 saturated carbocycles. The maximum atomic E-state index is 14.7. The number of anilines is 1. The van der Waals surface area contributed by atoms with Crippen LogP contribution < -0.4 is 16.2 Å². The smallest absolute Gasteiger partial charge is 0.319 e. The fourth-order valence-corrected chi connectivity index (χ4v) is 3.85. The van der Waals surface area contributed by atoms with Gasteiger partial charge in [-0.15, -0.1) is 0 Å². The number of rotatable bonds is 8. The summed E-state index contributed by atoms with van der Waals surface area (Å²) in [7, 11) is 0. The lowest BCUT2D eigenvalue weighted by atomic mass is 10.1. The molecule has 0 atom stereocenters. The molecule has 3 aromatic heterocycles. The van der Waals surface area contributed by atoms with Crippen LogP contribution in [0.25, 0.3) is 33.3 Å². The Hall–Kier alpha value is -3.75. The van der Waals surface area contributed by atoms with Crippen LogP contribution in [-0.2, 0) is 6.54 Å². The zero-order valence-electron chi connectivity index (χ0n) is 18.7. The number of nitrogens with one attached hydrogen (secondary N) is 3. The number of hydrogen-bond acceptors (Lipinski definition) is 4. The van der Waals surface area contributed by atoms with Crippen LogP contribution in [0.3, 0.4) is 0 Å². The van der Waals surface area contributed by atoms with Crippen LogP contribution in [-0.4, -0.2) is 32.1 Å². The van der Waals surface area contributed by atoms with Gasteiger partial charge in [-0.3, -0.25) is 4.79 Å². The number of fused-ring (bicyclic) bond motifs is 2. The molecule has 0 unspecified atom stereocenters. The number of urea groups is 1. The van der Waals surface area contributed by atoms with E-state index in [-0.39, 0.29) is 16.9 Å². The Labute approximate surface area is 190 Å². The van der Waals surface area contributed by atoms with Crippen LogP contribution in [0.4, 0.5) is 14.9 Å². The lowest BCUT2D eigenvalue weighted by Crippen LogP contribution is -2.29. The van der Waals surface area contributed by atoms with E-state index in [1.807, 2.05) is 22.9 Å². The predicted octanol–water partition coefficient (Wildman–Crippen LogP) is 4.80. The van der Waals surface area contributed by atoms with Crippen molar-refractivity contribution in [2.75, 3.05) is 11.9 Å². The molecule has 0 spiro atoms. The van der Waals surface area contributed by atoms with Gasteiger partial charge in [-0.1, -0.05) is 26.7 Å². The van der Waals surface area contributed by atoms with Gasteiger partial charge in [-0.2, -0.15) is 0 Å². The highest BCUT2D eigenvalue weighted by Crippen LogP contribution is 2.28. The first-order valence-electron chi connectivity index (χ1n) is 11.2. The summed E-state index contributed by atoms with van der Waals surface area (Å²) < 4.78 is 16.7. The second kappa shape index (κ2) is 9.81. The zero-order chi connectivity index (χ0) is 23.4. The number of unbranched alkanes of at least 4 members (excludes halogenated alkanes) is 2. The van der Waals surface area contributed by atoms with Crippen molar-refractivity contribution in [3.8, 4) is 11.3 Å². The van der Waals surface area contributed by atoms with E-state index >= 15 is 0 Å². The molecule has 172 valence electrons. The standard InChI is InChI=1S/C24H27FN6O2/c1-3-5-6-9-27-24(33)30-18-13-20-19(12-17(18)25)28-21(23(32)29-20)16-14-31(11-4-2)22-15(16)8-7-10-26-22/h7-8,10,12-14H,3-6,9,11H2,1-2H3,(H,29,32)(H2,27,30,33). The Morgan fingerprint density at radius 3 is 2.85 bits per heavy atom. The Morgan fingerprint density at radius 1 is 1.21 bits per heavy atom. The lowest BCUT2D eigenvalue weighted by Gasteiger charge is -2.10. The summed E-state index contributed by atoms with van der Waals surface area (Å²) in [5.74, 6) is -0.633. The molecule has 33 heavy (non-hydrogen) atoms. The highest BCUT2D eigenvalue weighted by molar-refractivity contribution is 5.95. The number of H-pyrrole nitrogens is 1. The Bertz CT molecular complexity index is 1360. The lowest BCUT2D eigenvalue weighted by molar-refractivity contribution is 0.252. The van der Waals surface area contributed by atoms with E-state index in [0.29, 0.717) is 17.6 Å². The van der Waals surface area contributed by atoms with Gasteiger partial charge in [0.25, 0.3) is 5.56 Å². The van der Waals surface area contributed by atoms with E-state index < -0.39 is 17.4 Å². The second-order valence-corrected chi connectivity index (χ2v) is 7.96. The Morgan fingerprint density at radius 2 is 2.06 bits per heavy atom. The minimum absolute atomic E-state index is 0.0237. The SMILES string of the molecule is CCCCCNC(=O)Nc1cc2[nH]c(=O)c(-c3cn(CCC)c4ncccc34)nc2cc1F. The molecule has 2 amide bonds. The van der Waals surface area contributed by atoms with Gasteiger partial charge in [0.1, 0.15) is 17.2 Å². The van der Waals surface area contributed by atoms with E-state index in [1.54, 1.807) is 6.20 Å². The third-order valence-electron chi connectivity index (χ3n) is 5.45. The number of aromatic nitrogens is 4. The molecule has 0 aliphatic rings. The summed E-state index contributed by atoms with van der Waals surface area (Å²) in [6, 6.07) is 5.80. The van der Waals surface area contributed by atoms with Crippen molar-refractivity contribution in [2.24, 2.45) is 0 Å².